The molecule has 0 spiro atoms. The molecule has 2 aromatic heterocycles. The van der Waals surface area contributed by atoms with Gasteiger partial charge in [-0.05, 0) is 43.2 Å². The molecular formula is C15H22ClN3S2. The minimum Gasteiger partial charge on any atom is -0.368 e. The van der Waals surface area contributed by atoms with E-state index in [-0.39, 0.29) is 4.75 Å². The van der Waals surface area contributed by atoms with E-state index in [0.717, 1.165) is 41.8 Å². The van der Waals surface area contributed by atoms with Crippen molar-refractivity contribution in [3.05, 3.63) is 16.2 Å². The predicted octanol–water partition coefficient (Wildman–Crippen LogP) is 5.24. The van der Waals surface area contributed by atoms with Crippen LogP contribution in [0, 0.1) is 0 Å². The molecule has 0 bridgehead atoms. The van der Waals surface area contributed by atoms with Gasteiger partial charge in [-0.3, -0.25) is 0 Å². The molecule has 0 amide bonds. The fourth-order valence-corrected chi connectivity index (χ4v) is 4.34. The first-order valence-corrected chi connectivity index (χ1v) is 9.74. The van der Waals surface area contributed by atoms with E-state index in [4.69, 9.17) is 11.6 Å². The Hall–Kier alpha value is -0.520. The summed E-state index contributed by atoms with van der Waals surface area (Å²) >= 11 is 9.68. The van der Waals surface area contributed by atoms with Crippen molar-refractivity contribution in [1.82, 2.24) is 9.97 Å². The molecule has 2 rings (SSSR count). The second-order valence-corrected chi connectivity index (χ2v) is 7.80. The van der Waals surface area contributed by atoms with Gasteiger partial charge in [0.15, 0.2) is 0 Å². The van der Waals surface area contributed by atoms with E-state index in [1.54, 1.807) is 11.3 Å². The smallest absolute Gasteiger partial charge is 0.225 e. The molecule has 3 nitrogen and oxygen atoms in total. The lowest BCUT2D eigenvalue weighted by Gasteiger charge is -2.30. The van der Waals surface area contributed by atoms with Gasteiger partial charge >= 0.3 is 0 Å². The number of aromatic nitrogens is 2. The van der Waals surface area contributed by atoms with Crippen LogP contribution in [0.4, 0.5) is 5.82 Å². The summed E-state index contributed by atoms with van der Waals surface area (Å²) < 4.78 is 0.243. The SMILES string of the molecule is CCc1cc2c(NCC(CC)(CC)SC)nc(Cl)nc2s1. The van der Waals surface area contributed by atoms with Crippen LogP contribution >= 0.6 is 34.7 Å². The molecule has 2 aromatic rings. The maximum absolute atomic E-state index is 6.07. The van der Waals surface area contributed by atoms with Crippen LogP contribution in [0.15, 0.2) is 6.07 Å². The molecular weight excluding hydrogens is 322 g/mol. The van der Waals surface area contributed by atoms with Gasteiger partial charge in [-0.2, -0.15) is 11.8 Å². The zero-order valence-electron chi connectivity index (χ0n) is 13.0. The van der Waals surface area contributed by atoms with Gasteiger partial charge in [-0.25, -0.2) is 9.97 Å². The molecule has 6 heteroatoms. The summed E-state index contributed by atoms with van der Waals surface area (Å²) in [5.74, 6) is 0.862. The molecule has 0 unspecified atom stereocenters. The average Bonchev–Trinajstić information content (AvgIpc) is 2.92. The fourth-order valence-electron chi connectivity index (χ4n) is 2.36. The van der Waals surface area contributed by atoms with E-state index in [0.29, 0.717) is 5.28 Å². The summed E-state index contributed by atoms with van der Waals surface area (Å²) in [6.45, 7) is 7.52. The van der Waals surface area contributed by atoms with E-state index in [1.807, 2.05) is 11.8 Å². The monoisotopic (exact) mass is 343 g/mol. The summed E-state index contributed by atoms with van der Waals surface area (Å²) in [5.41, 5.74) is 0. The Balaban J connectivity index is 2.31. The van der Waals surface area contributed by atoms with Crippen molar-refractivity contribution in [3.63, 3.8) is 0 Å². The highest BCUT2D eigenvalue weighted by atomic mass is 35.5. The molecule has 1 N–H and O–H groups in total. The molecule has 0 fully saturated rings. The van der Waals surface area contributed by atoms with E-state index in [9.17, 15) is 0 Å². The summed E-state index contributed by atoms with van der Waals surface area (Å²) in [7, 11) is 0. The molecule has 116 valence electrons. The Morgan fingerprint density at radius 1 is 1.29 bits per heavy atom. The molecule has 0 aliphatic rings. The number of nitrogens with zero attached hydrogens (tertiary/aromatic N) is 2. The van der Waals surface area contributed by atoms with E-state index in [2.05, 4.69) is 48.4 Å². The highest BCUT2D eigenvalue weighted by Gasteiger charge is 2.25. The maximum Gasteiger partial charge on any atom is 0.225 e. The number of aryl methyl sites for hydroxylation is 1. The van der Waals surface area contributed by atoms with Crippen molar-refractivity contribution in [2.75, 3.05) is 18.1 Å². The quantitative estimate of drug-likeness (QED) is 0.697. The normalized spacial score (nSPS) is 12.0. The summed E-state index contributed by atoms with van der Waals surface area (Å²) in [4.78, 5) is 11.0. The van der Waals surface area contributed by atoms with Gasteiger partial charge in [0.05, 0.1) is 5.39 Å². The molecule has 0 saturated heterocycles. The number of nitrogens with one attached hydrogen (secondary N) is 1. The molecule has 0 aromatic carbocycles. The first-order valence-electron chi connectivity index (χ1n) is 7.32. The summed E-state index contributed by atoms with van der Waals surface area (Å²) in [6.07, 6.45) is 5.45. The topological polar surface area (TPSA) is 37.8 Å². The molecule has 21 heavy (non-hydrogen) atoms. The Kier molecular flexibility index (Phi) is 5.74. The number of rotatable bonds is 7. The second-order valence-electron chi connectivity index (χ2n) is 5.07. The number of halogens is 1. The Morgan fingerprint density at radius 2 is 2.00 bits per heavy atom. The molecule has 0 aliphatic carbocycles. The average molecular weight is 344 g/mol. The Bertz CT molecular complexity index is 600. The molecule has 0 aliphatic heterocycles. The van der Waals surface area contributed by atoms with Crippen LogP contribution < -0.4 is 5.32 Å². The molecule has 0 radical (unpaired) electrons. The molecule has 0 saturated carbocycles. The standard InChI is InChI=1S/C15H22ClN3S2/c1-5-10-8-11-12(18-14(16)19-13(11)21-10)17-9-15(6-2,7-3)20-4/h8H,5-7,9H2,1-4H3,(H,17,18,19). The third-order valence-electron chi connectivity index (χ3n) is 4.06. The van der Waals surface area contributed by atoms with Crippen molar-refractivity contribution in [3.8, 4) is 0 Å². The Morgan fingerprint density at radius 3 is 2.57 bits per heavy atom. The number of thioether (sulfide) groups is 1. The van der Waals surface area contributed by atoms with Gasteiger partial charge in [0, 0.05) is 16.2 Å². The van der Waals surface area contributed by atoms with Crippen LogP contribution in [0.25, 0.3) is 10.2 Å². The van der Waals surface area contributed by atoms with Crippen LogP contribution in [-0.2, 0) is 6.42 Å². The zero-order chi connectivity index (χ0) is 15.5. The molecule has 2 heterocycles. The van der Waals surface area contributed by atoms with E-state index >= 15 is 0 Å². The number of hydrogen-bond donors (Lipinski definition) is 1. The minimum atomic E-state index is 0.243. The van der Waals surface area contributed by atoms with Gasteiger partial charge in [0.2, 0.25) is 5.28 Å². The van der Waals surface area contributed by atoms with Crippen LogP contribution in [0.5, 0.6) is 0 Å². The number of thiophene rings is 1. The third-order valence-corrected chi connectivity index (χ3v) is 6.99. The van der Waals surface area contributed by atoms with Crippen LogP contribution in [0.3, 0.4) is 0 Å². The highest BCUT2D eigenvalue weighted by Crippen LogP contribution is 2.33. The van der Waals surface area contributed by atoms with Gasteiger partial charge in [-0.1, -0.05) is 20.8 Å². The van der Waals surface area contributed by atoms with Crippen molar-refractivity contribution in [2.24, 2.45) is 0 Å². The second kappa shape index (κ2) is 7.16. The van der Waals surface area contributed by atoms with Crippen molar-refractivity contribution in [2.45, 2.75) is 44.8 Å². The van der Waals surface area contributed by atoms with Gasteiger partial charge in [-0.15, -0.1) is 11.3 Å². The summed E-state index contributed by atoms with van der Waals surface area (Å²) in [6, 6.07) is 2.18. The fraction of sp³-hybridized carbons (Fsp3) is 0.600. The lowest BCUT2D eigenvalue weighted by Crippen LogP contribution is -2.32. The predicted molar refractivity (Wildman–Crippen MR) is 97.1 cm³/mol. The lowest BCUT2D eigenvalue weighted by atomic mass is 10.0. The van der Waals surface area contributed by atoms with Crippen LogP contribution in [0.1, 0.15) is 38.5 Å². The van der Waals surface area contributed by atoms with E-state index < -0.39 is 0 Å². The van der Waals surface area contributed by atoms with Crippen molar-refractivity contribution >= 4 is 50.7 Å². The van der Waals surface area contributed by atoms with Crippen molar-refractivity contribution < 1.29 is 0 Å². The van der Waals surface area contributed by atoms with Gasteiger partial charge < -0.3 is 5.32 Å². The van der Waals surface area contributed by atoms with Crippen LogP contribution in [0.2, 0.25) is 5.28 Å². The third kappa shape index (κ3) is 3.63. The first-order chi connectivity index (χ1) is 10.1. The van der Waals surface area contributed by atoms with Crippen LogP contribution in [-0.4, -0.2) is 27.5 Å². The maximum atomic E-state index is 6.07. The number of anilines is 1. The molecule has 0 atom stereocenters. The first kappa shape index (κ1) is 16.8. The number of fused-ring (bicyclic) bond motifs is 1. The summed E-state index contributed by atoms with van der Waals surface area (Å²) in [5, 5.41) is 4.91. The number of hydrogen-bond acceptors (Lipinski definition) is 5. The van der Waals surface area contributed by atoms with Gasteiger partial charge in [0.1, 0.15) is 10.6 Å². The highest BCUT2D eigenvalue weighted by molar-refractivity contribution is 8.00. The largest absolute Gasteiger partial charge is 0.368 e. The van der Waals surface area contributed by atoms with Gasteiger partial charge in [0.25, 0.3) is 0 Å². The minimum absolute atomic E-state index is 0.243. The Labute approximate surface area is 139 Å². The lowest BCUT2D eigenvalue weighted by molar-refractivity contribution is 0.574. The van der Waals surface area contributed by atoms with Crippen molar-refractivity contribution in [1.29, 1.82) is 0 Å². The zero-order valence-corrected chi connectivity index (χ0v) is 15.4. The van der Waals surface area contributed by atoms with E-state index in [1.165, 1.54) is 4.88 Å².